The van der Waals surface area contributed by atoms with Crippen molar-refractivity contribution in [2.45, 2.75) is 12.8 Å². The zero-order valence-electron chi connectivity index (χ0n) is 7.75. The van der Waals surface area contributed by atoms with E-state index in [9.17, 15) is 4.79 Å². The fourth-order valence-electron chi connectivity index (χ4n) is 1.48. The standard InChI is InChI=1S/C9H12N3O2/c13-9(7-2-5-14-6-3-7)11-8-1-4-10-12-8/h1,7H,2-3,5-6H2,(H2,10,11,12,13). The van der Waals surface area contributed by atoms with Crippen molar-refractivity contribution in [2.24, 2.45) is 5.92 Å². The summed E-state index contributed by atoms with van der Waals surface area (Å²) in [4.78, 5) is 11.6. The van der Waals surface area contributed by atoms with Gasteiger partial charge in [0, 0.05) is 25.2 Å². The van der Waals surface area contributed by atoms with Crippen LogP contribution in [-0.2, 0) is 9.53 Å². The highest BCUT2D eigenvalue weighted by atomic mass is 16.5. The molecule has 75 valence electrons. The molecule has 1 aromatic rings. The quantitative estimate of drug-likeness (QED) is 0.723. The van der Waals surface area contributed by atoms with Crippen LogP contribution in [0.25, 0.3) is 0 Å². The molecule has 14 heavy (non-hydrogen) atoms. The second-order valence-electron chi connectivity index (χ2n) is 3.27. The molecule has 1 aliphatic heterocycles. The lowest BCUT2D eigenvalue weighted by Crippen LogP contribution is -2.28. The van der Waals surface area contributed by atoms with Crippen LogP contribution >= 0.6 is 0 Å². The number of hydrogen-bond acceptors (Lipinski definition) is 3. The number of aromatic nitrogens is 2. The average molecular weight is 194 g/mol. The van der Waals surface area contributed by atoms with Crippen LogP contribution in [0.2, 0.25) is 0 Å². The number of H-pyrrole nitrogens is 1. The van der Waals surface area contributed by atoms with E-state index in [-0.39, 0.29) is 11.8 Å². The van der Waals surface area contributed by atoms with Gasteiger partial charge in [-0.25, -0.2) is 0 Å². The van der Waals surface area contributed by atoms with Crippen LogP contribution in [0.15, 0.2) is 6.07 Å². The fourth-order valence-corrected chi connectivity index (χ4v) is 1.48. The number of hydrogen-bond donors (Lipinski definition) is 2. The molecule has 1 saturated heterocycles. The average Bonchev–Trinajstić information content (AvgIpc) is 2.72. The van der Waals surface area contributed by atoms with Gasteiger partial charge >= 0.3 is 0 Å². The van der Waals surface area contributed by atoms with E-state index in [1.165, 1.54) is 0 Å². The third kappa shape index (κ3) is 2.11. The van der Waals surface area contributed by atoms with E-state index < -0.39 is 0 Å². The maximum Gasteiger partial charge on any atom is 0.228 e. The molecule has 1 amide bonds. The second-order valence-corrected chi connectivity index (χ2v) is 3.27. The number of amides is 1. The lowest BCUT2D eigenvalue weighted by Gasteiger charge is -2.20. The highest BCUT2D eigenvalue weighted by Gasteiger charge is 2.21. The Morgan fingerprint density at radius 3 is 3.07 bits per heavy atom. The van der Waals surface area contributed by atoms with Gasteiger partial charge in [0.05, 0.1) is 6.20 Å². The summed E-state index contributed by atoms with van der Waals surface area (Å²) in [5.41, 5.74) is 0. The van der Waals surface area contributed by atoms with E-state index >= 15 is 0 Å². The minimum atomic E-state index is 0.0220. The van der Waals surface area contributed by atoms with E-state index in [0.29, 0.717) is 19.0 Å². The molecule has 2 rings (SSSR count). The van der Waals surface area contributed by atoms with Crippen molar-refractivity contribution in [3.8, 4) is 0 Å². The molecule has 5 nitrogen and oxygen atoms in total. The van der Waals surface area contributed by atoms with Crippen molar-refractivity contribution in [2.75, 3.05) is 18.5 Å². The molecule has 2 N–H and O–H groups in total. The Bertz CT molecular complexity index is 291. The Morgan fingerprint density at radius 2 is 2.43 bits per heavy atom. The maximum atomic E-state index is 11.6. The highest BCUT2D eigenvalue weighted by Crippen LogP contribution is 2.16. The van der Waals surface area contributed by atoms with E-state index in [1.807, 2.05) is 0 Å². The van der Waals surface area contributed by atoms with E-state index in [0.717, 1.165) is 12.8 Å². The summed E-state index contributed by atoms with van der Waals surface area (Å²) < 4.78 is 5.18. The van der Waals surface area contributed by atoms with Gasteiger partial charge in [0.2, 0.25) is 5.91 Å². The first-order valence-electron chi connectivity index (χ1n) is 4.66. The number of aromatic amines is 1. The zero-order valence-corrected chi connectivity index (χ0v) is 7.75. The first-order chi connectivity index (χ1) is 6.86. The number of ether oxygens (including phenoxy) is 1. The van der Waals surface area contributed by atoms with Gasteiger partial charge in [0.25, 0.3) is 0 Å². The number of rotatable bonds is 2. The number of carbonyl (C=O) groups is 1. The van der Waals surface area contributed by atoms with Gasteiger partial charge in [-0.2, -0.15) is 5.10 Å². The SMILES string of the molecule is O=C(Nc1c[c][nH]n1)C1CCOCC1. The number of carbonyl (C=O) groups excluding carboxylic acids is 1. The summed E-state index contributed by atoms with van der Waals surface area (Å²) in [5.74, 6) is 0.607. The van der Waals surface area contributed by atoms with Crippen molar-refractivity contribution >= 4 is 11.7 Å². The fraction of sp³-hybridized carbons (Fsp3) is 0.556. The smallest absolute Gasteiger partial charge is 0.228 e. The summed E-state index contributed by atoms with van der Waals surface area (Å²) >= 11 is 0. The third-order valence-electron chi connectivity index (χ3n) is 2.29. The second kappa shape index (κ2) is 4.23. The Labute approximate surface area is 81.8 Å². The van der Waals surface area contributed by atoms with Crippen LogP contribution in [0.5, 0.6) is 0 Å². The van der Waals surface area contributed by atoms with Gasteiger partial charge in [-0.1, -0.05) is 0 Å². The summed E-state index contributed by atoms with van der Waals surface area (Å²) in [6.45, 7) is 1.34. The topological polar surface area (TPSA) is 67.0 Å². The van der Waals surface area contributed by atoms with Gasteiger partial charge in [-0.05, 0) is 12.8 Å². The van der Waals surface area contributed by atoms with Crippen molar-refractivity contribution in [3.63, 3.8) is 0 Å². The largest absolute Gasteiger partial charge is 0.381 e. The predicted molar refractivity (Wildman–Crippen MR) is 49.6 cm³/mol. The molecule has 1 radical (unpaired) electrons. The summed E-state index contributed by atoms with van der Waals surface area (Å²) in [7, 11) is 0. The molecule has 0 spiro atoms. The van der Waals surface area contributed by atoms with Gasteiger partial charge < -0.3 is 10.1 Å². The first kappa shape index (κ1) is 9.21. The van der Waals surface area contributed by atoms with Crippen LogP contribution in [0.3, 0.4) is 0 Å². The van der Waals surface area contributed by atoms with Gasteiger partial charge in [-0.15, -0.1) is 0 Å². The molecule has 0 atom stereocenters. The van der Waals surface area contributed by atoms with Gasteiger partial charge in [-0.3, -0.25) is 9.89 Å². The molecule has 0 bridgehead atoms. The third-order valence-corrected chi connectivity index (χ3v) is 2.29. The van der Waals surface area contributed by atoms with Crippen LogP contribution in [0, 0.1) is 12.1 Å². The molecule has 2 heterocycles. The molecule has 0 aromatic carbocycles. The Morgan fingerprint density at radius 1 is 1.64 bits per heavy atom. The summed E-state index contributed by atoms with van der Waals surface area (Å²) in [6.07, 6.45) is 4.25. The van der Waals surface area contributed by atoms with Gasteiger partial charge in [0.15, 0.2) is 5.82 Å². The minimum Gasteiger partial charge on any atom is -0.381 e. The number of nitrogens with zero attached hydrogens (tertiary/aromatic N) is 1. The molecule has 1 fully saturated rings. The molecule has 0 aliphatic carbocycles. The zero-order chi connectivity index (χ0) is 9.80. The molecular weight excluding hydrogens is 182 g/mol. The van der Waals surface area contributed by atoms with E-state index in [2.05, 4.69) is 21.7 Å². The monoisotopic (exact) mass is 194 g/mol. The lowest BCUT2D eigenvalue weighted by atomic mass is 9.99. The van der Waals surface area contributed by atoms with Crippen LogP contribution in [0.4, 0.5) is 5.82 Å². The first-order valence-corrected chi connectivity index (χ1v) is 4.66. The number of nitrogens with one attached hydrogen (secondary N) is 2. The molecular formula is C9H12N3O2. The Kier molecular flexibility index (Phi) is 2.78. The maximum absolute atomic E-state index is 11.6. The van der Waals surface area contributed by atoms with Crippen molar-refractivity contribution in [1.29, 1.82) is 0 Å². The normalized spacial score (nSPS) is 18.0. The lowest BCUT2D eigenvalue weighted by molar-refractivity contribution is -0.122. The Hall–Kier alpha value is -1.36. The summed E-state index contributed by atoms with van der Waals surface area (Å²) in [5, 5.41) is 9.05. The van der Waals surface area contributed by atoms with E-state index in [1.54, 1.807) is 6.07 Å². The molecule has 1 aliphatic rings. The van der Waals surface area contributed by atoms with E-state index in [4.69, 9.17) is 4.74 Å². The molecule has 0 saturated carbocycles. The van der Waals surface area contributed by atoms with Crippen molar-refractivity contribution in [3.05, 3.63) is 12.3 Å². The number of anilines is 1. The summed E-state index contributed by atoms with van der Waals surface area (Å²) in [6, 6.07) is 1.61. The molecule has 1 aromatic heterocycles. The minimum absolute atomic E-state index is 0.0220. The highest BCUT2D eigenvalue weighted by molar-refractivity contribution is 5.91. The van der Waals surface area contributed by atoms with Crippen LogP contribution in [-0.4, -0.2) is 29.3 Å². The molecule has 5 heteroatoms. The molecule has 0 unspecified atom stereocenters. The van der Waals surface area contributed by atoms with Crippen molar-refractivity contribution < 1.29 is 9.53 Å². The predicted octanol–water partition coefficient (Wildman–Crippen LogP) is 0.575. The van der Waals surface area contributed by atoms with Crippen LogP contribution < -0.4 is 5.32 Å². The van der Waals surface area contributed by atoms with Crippen molar-refractivity contribution in [1.82, 2.24) is 10.2 Å². The van der Waals surface area contributed by atoms with Gasteiger partial charge in [0.1, 0.15) is 0 Å². The van der Waals surface area contributed by atoms with Crippen LogP contribution in [0.1, 0.15) is 12.8 Å². The Balaban J connectivity index is 1.88.